The predicted octanol–water partition coefficient (Wildman–Crippen LogP) is 6.44. The molecule has 1 amide bonds. The summed E-state index contributed by atoms with van der Waals surface area (Å²) < 4.78 is 11.3. The number of rotatable bonds is 8. The van der Waals surface area contributed by atoms with E-state index in [2.05, 4.69) is 6.92 Å². The molecule has 1 aliphatic heterocycles. The third kappa shape index (κ3) is 4.59. The molecule has 1 atom stereocenters. The molecule has 7 heteroatoms. The third-order valence-corrected chi connectivity index (χ3v) is 6.24. The first-order valence-corrected chi connectivity index (χ1v) is 11.6. The molecular formula is C27H26ClNO5. The number of amides is 1. The van der Waals surface area contributed by atoms with Crippen LogP contribution >= 0.6 is 11.6 Å². The Balaban J connectivity index is 1.72. The molecule has 6 nitrogen and oxygen atoms in total. The number of Topliss-reactive ketones (excluding diaryl/α,β-unsaturated/α-hetero) is 1. The summed E-state index contributed by atoms with van der Waals surface area (Å²) in [5, 5.41) is 11.6. The normalized spacial score (nSPS) is 17.4. The first-order chi connectivity index (χ1) is 16.4. The summed E-state index contributed by atoms with van der Waals surface area (Å²) in [6.07, 6.45) is 4.63. The Bertz CT molecular complexity index is 1210. The van der Waals surface area contributed by atoms with Gasteiger partial charge in [0.25, 0.3) is 11.7 Å². The Hall–Kier alpha value is -3.51. The number of aryl methyl sites for hydroxylation is 1. The van der Waals surface area contributed by atoms with Crippen molar-refractivity contribution in [2.75, 3.05) is 11.5 Å². The lowest BCUT2D eigenvalue weighted by Crippen LogP contribution is -2.29. The van der Waals surface area contributed by atoms with Crippen molar-refractivity contribution >= 4 is 34.7 Å². The van der Waals surface area contributed by atoms with Crippen molar-refractivity contribution in [1.82, 2.24) is 0 Å². The Kier molecular flexibility index (Phi) is 7.08. The number of ether oxygens (including phenoxy) is 1. The second kappa shape index (κ2) is 10.2. The van der Waals surface area contributed by atoms with E-state index in [-0.39, 0.29) is 11.3 Å². The lowest BCUT2D eigenvalue weighted by atomic mass is 9.99. The second-order valence-corrected chi connectivity index (χ2v) is 8.61. The predicted molar refractivity (Wildman–Crippen MR) is 131 cm³/mol. The van der Waals surface area contributed by atoms with Crippen LogP contribution in [0.5, 0.6) is 5.75 Å². The molecule has 0 aliphatic carbocycles. The number of aliphatic hydroxyl groups excluding tert-OH is 1. The molecule has 0 radical (unpaired) electrons. The number of unbranched alkanes of at least 4 members (excludes halogenated alkanes) is 2. The molecule has 1 unspecified atom stereocenters. The standard InChI is InChI=1S/C27H26ClNO5/c1-3-4-5-14-33-20-12-9-18(10-13-20)25(30)23-24(22-7-6-15-34-22)29(27(32)26(23)31)19-11-8-17(2)21(28)16-19/h6-13,15-16,24,30H,3-5,14H2,1-2H3/b25-23-. The van der Waals surface area contributed by atoms with E-state index >= 15 is 0 Å². The van der Waals surface area contributed by atoms with E-state index in [4.69, 9.17) is 20.8 Å². The summed E-state index contributed by atoms with van der Waals surface area (Å²) in [7, 11) is 0. The smallest absolute Gasteiger partial charge is 0.300 e. The Labute approximate surface area is 203 Å². The Morgan fingerprint density at radius 3 is 2.53 bits per heavy atom. The van der Waals surface area contributed by atoms with Crippen LogP contribution in [0.4, 0.5) is 5.69 Å². The van der Waals surface area contributed by atoms with Gasteiger partial charge < -0.3 is 14.3 Å². The molecule has 0 saturated carbocycles. The third-order valence-electron chi connectivity index (χ3n) is 5.84. The van der Waals surface area contributed by atoms with Gasteiger partial charge in [0.15, 0.2) is 0 Å². The molecule has 0 spiro atoms. The molecule has 34 heavy (non-hydrogen) atoms. The van der Waals surface area contributed by atoms with Crippen LogP contribution in [0.2, 0.25) is 5.02 Å². The molecule has 1 aromatic heterocycles. The summed E-state index contributed by atoms with van der Waals surface area (Å²) in [6.45, 7) is 4.59. The summed E-state index contributed by atoms with van der Waals surface area (Å²) in [6, 6.07) is 14.3. The van der Waals surface area contributed by atoms with E-state index in [9.17, 15) is 14.7 Å². The highest BCUT2D eigenvalue weighted by atomic mass is 35.5. The fourth-order valence-corrected chi connectivity index (χ4v) is 4.13. The van der Waals surface area contributed by atoms with Gasteiger partial charge in [-0.25, -0.2) is 0 Å². The highest BCUT2D eigenvalue weighted by molar-refractivity contribution is 6.51. The van der Waals surface area contributed by atoms with E-state index in [0.29, 0.717) is 34.4 Å². The van der Waals surface area contributed by atoms with Gasteiger partial charge in [-0.05, 0) is 67.4 Å². The maximum atomic E-state index is 13.1. The molecule has 0 bridgehead atoms. The van der Waals surface area contributed by atoms with Crippen molar-refractivity contribution in [2.45, 2.75) is 39.2 Å². The number of hydrogen-bond acceptors (Lipinski definition) is 5. The lowest BCUT2D eigenvalue weighted by molar-refractivity contribution is -0.132. The molecule has 1 aliphatic rings. The van der Waals surface area contributed by atoms with Gasteiger partial charge in [-0.3, -0.25) is 14.5 Å². The summed E-state index contributed by atoms with van der Waals surface area (Å²) in [5.74, 6) is -0.814. The fraction of sp³-hybridized carbons (Fsp3) is 0.259. The van der Waals surface area contributed by atoms with Crippen LogP contribution in [-0.2, 0) is 9.59 Å². The Morgan fingerprint density at radius 2 is 1.88 bits per heavy atom. The molecule has 1 saturated heterocycles. The van der Waals surface area contributed by atoms with Crippen LogP contribution in [0.3, 0.4) is 0 Å². The number of halogens is 1. The van der Waals surface area contributed by atoms with Gasteiger partial charge in [0.1, 0.15) is 23.3 Å². The maximum absolute atomic E-state index is 13.1. The minimum absolute atomic E-state index is 0.0479. The van der Waals surface area contributed by atoms with Crippen LogP contribution in [0, 0.1) is 6.92 Å². The fourth-order valence-electron chi connectivity index (χ4n) is 3.95. The van der Waals surface area contributed by atoms with Crippen LogP contribution in [-0.4, -0.2) is 23.4 Å². The number of anilines is 1. The van der Waals surface area contributed by atoms with Crippen molar-refractivity contribution in [1.29, 1.82) is 0 Å². The molecule has 2 aromatic carbocycles. The minimum Gasteiger partial charge on any atom is -0.507 e. The van der Waals surface area contributed by atoms with Gasteiger partial charge in [-0.15, -0.1) is 0 Å². The number of nitrogens with zero attached hydrogens (tertiary/aromatic N) is 1. The Morgan fingerprint density at radius 1 is 1.12 bits per heavy atom. The van der Waals surface area contributed by atoms with Gasteiger partial charge in [0.2, 0.25) is 0 Å². The first-order valence-electron chi connectivity index (χ1n) is 11.3. The van der Waals surface area contributed by atoms with E-state index in [1.807, 2.05) is 6.92 Å². The zero-order chi connectivity index (χ0) is 24.2. The second-order valence-electron chi connectivity index (χ2n) is 8.20. The van der Waals surface area contributed by atoms with Gasteiger partial charge >= 0.3 is 0 Å². The van der Waals surface area contributed by atoms with Crippen LogP contribution in [0.15, 0.2) is 70.9 Å². The number of benzene rings is 2. The van der Waals surface area contributed by atoms with E-state index in [1.165, 1.54) is 11.2 Å². The zero-order valence-electron chi connectivity index (χ0n) is 19.1. The van der Waals surface area contributed by atoms with Crippen LogP contribution in [0.25, 0.3) is 5.76 Å². The molecule has 1 N–H and O–H groups in total. The lowest BCUT2D eigenvalue weighted by Gasteiger charge is -2.23. The molecule has 2 heterocycles. The number of furan rings is 1. The minimum atomic E-state index is -0.932. The molecule has 176 valence electrons. The quantitative estimate of drug-likeness (QED) is 0.174. The monoisotopic (exact) mass is 479 g/mol. The van der Waals surface area contributed by atoms with Crippen molar-refractivity contribution < 1.29 is 23.8 Å². The summed E-state index contributed by atoms with van der Waals surface area (Å²) in [5.41, 5.74) is 1.63. The maximum Gasteiger partial charge on any atom is 0.300 e. The first kappa shape index (κ1) is 23.6. The number of carbonyl (C=O) groups excluding carboxylic acids is 2. The summed E-state index contributed by atoms with van der Waals surface area (Å²) in [4.78, 5) is 27.5. The van der Waals surface area contributed by atoms with Crippen molar-refractivity contribution in [3.05, 3.63) is 88.3 Å². The number of ketones is 1. The average Bonchev–Trinajstić information content (AvgIpc) is 3.46. The largest absolute Gasteiger partial charge is 0.507 e. The highest BCUT2D eigenvalue weighted by Crippen LogP contribution is 2.43. The van der Waals surface area contributed by atoms with Gasteiger partial charge in [-0.1, -0.05) is 37.4 Å². The SMILES string of the molecule is CCCCCOc1ccc(/C(O)=C2/C(=O)C(=O)N(c3ccc(C)c(Cl)c3)C2c2ccco2)cc1. The van der Waals surface area contributed by atoms with Crippen molar-refractivity contribution in [3.8, 4) is 5.75 Å². The van der Waals surface area contributed by atoms with Crippen LogP contribution < -0.4 is 9.64 Å². The number of carbonyl (C=O) groups is 2. The van der Waals surface area contributed by atoms with E-state index in [0.717, 1.165) is 24.8 Å². The molecule has 4 rings (SSSR count). The highest BCUT2D eigenvalue weighted by Gasteiger charge is 2.48. The zero-order valence-corrected chi connectivity index (χ0v) is 19.8. The topological polar surface area (TPSA) is 80.0 Å². The number of aliphatic hydroxyl groups is 1. The summed E-state index contributed by atoms with van der Waals surface area (Å²) >= 11 is 6.29. The average molecular weight is 480 g/mol. The van der Waals surface area contributed by atoms with E-state index < -0.39 is 17.7 Å². The van der Waals surface area contributed by atoms with Crippen LogP contribution in [0.1, 0.15) is 49.1 Å². The van der Waals surface area contributed by atoms with E-state index in [1.54, 1.807) is 54.6 Å². The van der Waals surface area contributed by atoms with Gasteiger partial charge in [0, 0.05) is 16.3 Å². The van der Waals surface area contributed by atoms with Gasteiger partial charge in [0.05, 0.1) is 18.4 Å². The van der Waals surface area contributed by atoms with Gasteiger partial charge in [-0.2, -0.15) is 0 Å². The number of hydrogen-bond donors (Lipinski definition) is 1. The van der Waals surface area contributed by atoms with Crippen molar-refractivity contribution in [3.63, 3.8) is 0 Å². The molecule has 3 aromatic rings. The molecule has 1 fully saturated rings. The van der Waals surface area contributed by atoms with Crippen molar-refractivity contribution in [2.24, 2.45) is 0 Å². The molecular weight excluding hydrogens is 454 g/mol.